The van der Waals surface area contributed by atoms with Crippen molar-refractivity contribution in [1.82, 2.24) is 10.3 Å². The number of hydrogen-bond acceptors (Lipinski definition) is 8. The largest absolute Gasteiger partial charge is 0.494 e. The van der Waals surface area contributed by atoms with Gasteiger partial charge >= 0.3 is 0 Å². The lowest BCUT2D eigenvalue weighted by Gasteiger charge is -2.21. The summed E-state index contributed by atoms with van der Waals surface area (Å²) in [5.41, 5.74) is 8.39. The zero-order valence-electron chi connectivity index (χ0n) is 21.7. The minimum atomic E-state index is -3.58. The molecule has 0 spiro atoms. The van der Waals surface area contributed by atoms with Gasteiger partial charge in [-0.1, -0.05) is 19.1 Å². The predicted octanol–water partition coefficient (Wildman–Crippen LogP) is 3.16. The third-order valence-corrected chi connectivity index (χ3v) is 7.49. The molecule has 1 atom stereocenters. The topological polar surface area (TPSA) is 153 Å². The number of carbonyl (C=O) groups is 2. The van der Waals surface area contributed by atoms with Crippen molar-refractivity contribution in [1.29, 1.82) is 0 Å². The minimum Gasteiger partial charge on any atom is -0.494 e. The lowest BCUT2D eigenvalue weighted by Crippen LogP contribution is -2.33. The molecular formula is C27H33N5O5S. The van der Waals surface area contributed by atoms with E-state index in [0.717, 1.165) is 0 Å². The van der Waals surface area contributed by atoms with Crippen LogP contribution in [0.4, 0.5) is 11.4 Å². The van der Waals surface area contributed by atoms with E-state index >= 15 is 0 Å². The van der Waals surface area contributed by atoms with Gasteiger partial charge in [0.1, 0.15) is 11.8 Å². The summed E-state index contributed by atoms with van der Waals surface area (Å²) in [7, 11) is -3.58. The maximum Gasteiger partial charge on any atom is 0.247 e. The Morgan fingerprint density at radius 1 is 1.05 bits per heavy atom. The number of nitrogens with one attached hydrogen (secondary N) is 3. The summed E-state index contributed by atoms with van der Waals surface area (Å²) < 4.78 is 31.0. The van der Waals surface area contributed by atoms with Gasteiger partial charge in [0.2, 0.25) is 11.8 Å². The van der Waals surface area contributed by atoms with Crippen LogP contribution >= 0.6 is 0 Å². The SMILES string of the molecule is CCOc1cccc(C(Nc2ccc(CN)nc2)C(=O)NCc2cc(NC(C)=O)ccc2S(=O)(=O)CC)c1. The van der Waals surface area contributed by atoms with Gasteiger partial charge in [0.25, 0.3) is 0 Å². The van der Waals surface area contributed by atoms with E-state index in [-0.39, 0.29) is 23.1 Å². The minimum absolute atomic E-state index is 0.0749. The number of nitrogens with two attached hydrogens (primary N) is 1. The molecule has 0 bridgehead atoms. The fourth-order valence-corrected chi connectivity index (χ4v) is 4.91. The van der Waals surface area contributed by atoms with Gasteiger partial charge in [-0.3, -0.25) is 14.6 Å². The average Bonchev–Trinajstić information content (AvgIpc) is 2.90. The van der Waals surface area contributed by atoms with E-state index in [1.165, 1.54) is 19.1 Å². The number of sulfone groups is 1. The molecule has 0 saturated carbocycles. The van der Waals surface area contributed by atoms with Crippen LogP contribution in [-0.2, 0) is 32.5 Å². The first-order valence-corrected chi connectivity index (χ1v) is 13.9. The Balaban J connectivity index is 1.92. The van der Waals surface area contributed by atoms with Gasteiger partial charge in [0.05, 0.1) is 34.8 Å². The van der Waals surface area contributed by atoms with Gasteiger partial charge in [-0.05, 0) is 60.5 Å². The van der Waals surface area contributed by atoms with E-state index < -0.39 is 21.8 Å². The third-order valence-electron chi connectivity index (χ3n) is 5.66. The van der Waals surface area contributed by atoms with Crippen molar-refractivity contribution in [2.75, 3.05) is 23.0 Å². The quantitative estimate of drug-likeness (QED) is 0.274. The summed E-state index contributed by atoms with van der Waals surface area (Å²) in [5.74, 6) is -0.182. The zero-order valence-corrected chi connectivity index (χ0v) is 22.5. The number of rotatable bonds is 12. The summed E-state index contributed by atoms with van der Waals surface area (Å²) in [6.45, 7) is 5.47. The summed E-state index contributed by atoms with van der Waals surface area (Å²) >= 11 is 0. The molecule has 2 aromatic carbocycles. The molecule has 2 amide bonds. The molecule has 3 rings (SSSR count). The molecule has 3 aromatic rings. The van der Waals surface area contributed by atoms with Gasteiger partial charge in [0, 0.05) is 25.7 Å². The van der Waals surface area contributed by atoms with E-state index in [2.05, 4.69) is 20.9 Å². The molecular weight excluding hydrogens is 506 g/mol. The number of pyridine rings is 1. The number of ether oxygens (including phenoxy) is 1. The van der Waals surface area contributed by atoms with Crippen molar-refractivity contribution in [3.05, 3.63) is 77.6 Å². The predicted molar refractivity (Wildman–Crippen MR) is 146 cm³/mol. The lowest BCUT2D eigenvalue weighted by atomic mass is 10.0. The summed E-state index contributed by atoms with van der Waals surface area (Å²) in [6.07, 6.45) is 1.59. The molecule has 0 aliphatic carbocycles. The van der Waals surface area contributed by atoms with Crippen molar-refractivity contribution in [3.63, 3.8) is 0 Å². The van der Waals surface area contributed by atoms with E-state index in [9.17, 15) is 18.0 Å². The Kier molecular flexibility index (Phi) is 9.80. The van der Waals surface area contributed by atoms with E-state index in [0.29, 0.717) is 47.1 Å². The van der Waals surface area contributed by atoms with Gasteiger partial charge in [0.15, 0.2) is 9.84 Å². The highest BCUT2D eigenvalue weighted by Gasteiger charge is 2.23. The van der Waals surface area contributed by atoms with Crippen molar-refractivity contribution < 1.29 is 22.7 Å². The lowest BCUT2D eigenvalue weighted by molar-refractivity contribution is -0.122. The monoisotopic (exact) mass is 539 g/mol. The molecule has 202 valence electrons. The first-order valence-electron chi connectivity index (χ1n) is 12.2. The molecule has 0 radical (unpaired) electrons. The standard InChI is InChI=1S/C27H33N5O5S/c1-4-37-24-8-6-7-19(14-24)26(32-23-10-9-22(15-28)29-17-23)27(34)30-16-20-13-21(31-18(3)33)11-12-25(20)38(35,36)5-2/h6-14,17,26,32H,4-5,15-16,28H2,1-3H3,(H,30,34)(H,31,33). The van der Waals surface area contributed by atoms with Crippen molar-refractivity contribution in [2.45, 2.75) is 44.8 Å². The molecule has 1 heterocycles. The molecule has 0 aliphatic heterocycles. The van der Waals surface area contributed by atoms with Crippen LogP contribution in [0.15, 0.2) is 65.7 Å². The Morgan fingerprint density at radius 3 is 2.45 bits per heavy atom. The fourth-order valence-electron chi connectivity index (χ4n) is 3.79. The second-order valence-electron chi connectivity index (χ2n) is 8.45. The zero-order chi connectivity index (χ0) is 27.7. The van der Waals surface area contributed by atoms with Crippen molar-refractivity contribution in [3.8, 4) is 5.75 Å². The summed E-state index contributed by atoms with van der Waals surface area (Å²) in [5, 5.41) is 8.70. The van der Waals surface area contributed by atoms with E-state index in [1.54, 1.807) is 55.6 Å². The normalized spacial score (nSPS) is 11.9. The number of anilines is 2. The fraction of sp³-hybridized carbons (Fsp3) is 0.296. The maximum absolute atomic E-state index is 13.5. The van der Waals surface area contributed by atoms with Crippen LogP contribution in [0.25, 0.3) is 0 Å². The first-order chi connectivity index (χ1) is 18.2. The molecule has 0 fully saturated rings. The second kappa shape index (κ2) is 13.0. The molecule has 11 heteroatoms. The number of nitrogens with zero attached hydrogens (tertiary/aromatic N) is 1. The van der Waals surface area contributed by atoms with Crippen LogP contribution in [-0.4, -0.2) is 37.6 Å². The highest BCUT2D eigenvalue weighted by molar-refractivity contribution is 7.91. The molecule has 5 N–H and O–H groups in total. The summed E-state index contributed by atoms with van der Waals surface area (Å²) in [4.78, 5) is 29.4. The van der Waals surface area contributed by atoms with Gasteiger partial charge < -0.3 is 26.4 Å². The number of aromatic nitrogens is 1. The Bertz CT molecular complexity index is 1380. The van der Waals surface area contributed by atoms with Crippen molar-refractivity contribution in [2.24, 2.45) is 5.73 Å². The second-order valence-corrected chi connectivity index (χ2v) is 10.7. The highest BCUT2D eigenvalue weighted by atomic mass is 32.2. The van der Waals surface area contributed by atoms with Crippen LogP contribution in [0.1, 0.15) is 43.6 Å². The van der Waals surface area contributed by atoms with Gasteiger partial charge in [-0.25, -0.2) is 8.42 Å². The Labute approximate surface area is 222 Å². The number of amides is 2. The van der Waals surface area contributed by atoms with Gasteiger partial charge in [-0.2, -0.15) is 0 Å². The maximum atomic E-state index is 13.5. The molecule has 1 unspecified atom stereocenters. The number of hydrogen-bond donors (Lipinski definition) is 4. The molecule has 0 aliphatic rings. The molecule has 10 nitrogen and oxygen atoms in total. The Morgan fingerprint density at radius 2 is 1.82 bits per heavy atom. The van der Waals surface area contributed by atoms with Crippen LogP contribution in [0.5, 0.6) is 5.75 Å². The Hall–Kier alpha value is -3.96. The number of benzene rings is 2. The van der Waals surface area contributed by atoms with Crippen LogP contribution in [0.2, 0.25) is 0 Å². The van der Waals surface area contributed by atoms with E-state index in [4.69, 9.17) is 10.5 Å². The molecule has 1 aromatic heterocycles. The highest BCUT2D eigenvalue weighted by Crippen LogP contribution is 2.25. The van der Waals surface area contributed by atoms with E-state index in [1.807, 2.05) is 6.92 Å². The molecule has 38 heavy (non-hydrogen) atoms. The van der Waals surface area contributed by atoms with Gasteiger partial charge in [-0.15, -0.1) is 0 Å². The number of carbonyl (C=O) groups excluding carboxylic acids is 2. The smallest absolute Gasteiger partial charge is 0.247 e. The first kappa shape index (κ1) is 28.6. The van der Waals surface area contributed by atoms with Crippen LogP contribution in [0.3, 0.4) is 0 Å². The molecule has 0 saturated heterocycles. The van der Waals surface area contributed by atoms with Crippen LogP contribution in [0, 0.1) is 0 Å². The third kappa shape index (κ3) is 7.53. The average molecular weight is 540 g/mol. The van der Waals surface area contributed by atoms with Crippen LogP contribution < -0.4 is 26.4 Å². The summed E-state index contributed by atoms with van der Waals surface area (Å²) in [6, 6.07) is 14.4. The van der Waals surface area contributed by atoms with Crippen molar-refractivity contribution >= 4 is 33.0 Å².